The third kappa shape index (κ3) is 3.18. The second-order valence-electron chi connectivity index (χ2n) is 4.29. The van der Waals surface area contributed by atoms with Crippen LogP contribution in [0.3, 0.4) is 0 Å². The Bertz CT molecular complexity index is 474. The summed E-state index contributed by atoms with van der Waals surface area (Å²) in [5.74, 6) is 6.63. The number of rotatable bonds is 3. The molecule has 0 atom stereocenters. The van der Waals surface area contributed by atoms with Crippen LogP contribution in [0.15, 0.2) is 6.07 Å². The first-order valence-corrected chi connectivity index (χ1v) is 6.42. The second-order valence-corrected chi connectivity index (χ2v) is 4.29. The minimum atomic E-state index is -0.279. The van der Waals surface area contributed by atoms with Gasteiger partial charge in [0.2, 0.25) is 5.95 Å². The quantitative estimate of drug-likeness (QED) is 0.506. The van der Waals surface area contributed by atoms with Crippen molar-refractivity contribution in [1.82, 2.24) is 14.9 Å². The highest BCUT2D eigenvalue weighted by Gasteiger charge is 2.23. The van der Waals surface area contributed by atoms with Crippen molar-refractivity contribution in [3.8, 4) is 0 Å². The Labute approximate surface area is 116 Å². The van der Waals surface area contributed by atoms with E-state index < -0.39 is 0 Å². The number of piperazine rings is 1. The Morgan fingerprint density at radius 2 is 2.10 bits per heavy atom. The van der Waals surface area contributed by atoms with Gasteiger partial charge in [0.15, 0.2) is 0 Å². The monoisotopic (exact) mass is 281 g/mol. The predicted molar refractivity (Wildman–Crippen MR) is 75.1 cm³/mol. The Balaban J connectivity index is 2.00. The maximum absolute atomic E-state index is 11.6. The molecule has 9 heteroatoms. The molecule has 2 heterocycles. The molecule has 0 aromatic carbocycles. The van der Waals surface area contributed by atoms with Crippen LogP contribution in [0.25, 0.3) is 0 Å². The molecule has 1 aromatic rings. The van der Waals surface area contributed by atoms with Gasteiger partial charge >= 0.3 is 6.09 Å². The van der Waals surface area contributed by atoms with Crippen LogP contribution in [0.1, 0.15) is 6.92 Å². The van der Waals surface area contributed by atoms with Crippen LogP contribution < -0.4 is 21.9 Å². The van der Waals surface area contributed by atoms with Crippen LogP contribution in [0.4, 0.5) is 22.4 Å². The van der Waals surface area contributed by atoms with E-state index in [1.807, 2.05) is 4.90 Å². The van der Waals surface area contributed by atoms with Gasteiger partial charge in [0.1, 0.15) is 11.6 Å². The number of amides is 1. The molecule has 0 unspecified atom stereocenters. The summed E-state index contributed by atoms with van der Waals surface area (Å²) in [6.45, 7) is 4.63. The van der Waals surface area contributed by atoms with Crippen LogP contribution in [0, 0.1) is 0 Å². The van der Waals surface area contributed by atoms with E-state index in [4.69, 9.17) is 16.3 Å². The molecule has 2 rings (SSSR count). The van der Waals surface area contributed by atoms with E-state index in [1.54, 1.807) is 17.9 Å². The van der Waals surface area contributed by atoms with Crippen LogP contribution in [0.2, 0.25) is 0 Å². The number of aromatic nitrogens is 2. The normalized spacial score (nSPS) is 15.1. The average molecular weight is 281 g/mol. The van der Waals surface area contributed by atoms with Gasteiger partial charge in [-0.3, -0.25) is 0 Å². The molecule has 1 amide bonds. The molecule has 0 spiro atoms. The third-order valence-corrected chi connectivity index (χ3v) is 3.01. The van der Waals surface area contributed by atoms with E-state index in [9.17, 15) is 4.79 Å². The number of nitrogen functional groups attached to an aromatic ring is 2. The van der Waals surface area contributed by atoms with E-state index in [0.29, 0.717) is 44.4 Å². The minimum Gasteiger partial charge on any atom is -0.450 e. The Morgan fingerprint density at radius 3 is 2.70 bits per heavy atom. The number of nitrogens with two attached hydrogens (primary N) is 2. The molecule has 1 saturated heterocycles. The van der Waals surface area contributed by atoms with E-state index in [0.717, 1.165) is 0 Å². The fourth-order valence-corrected chi connectivity index (χ4v) is 2.02. The van der Waals surface area contributed by atoms with Crippen molar-refractivity contribution in [2.24, 2.45) is 5.84 Å². The van der Waals surface area contributed by atoms with E-state index in [1.165, 1.54) is 0 Å². The molecule has 5 N–H and O–H groups in total. The zero-order chi connectivity index (χ0) is 14.5. The molecule has 0 bridgehead atoms. The van der Waals surface area contributed by atoms with Gasteiger partial charge in [0.25, 0.3) is 0 Å². The van der Waals surface area contributed by atoms with Gasteiger partial charge in [0.05, 0.1) is 6.61 Å². The van der Waals surface area contributed by atoms with Crippen molar-refractivity contribution in [2.75, 3.05) is 48.8 Å². The Kier molecular flexibility index (Phi) is 4.41. The molecule has 110 valence electrons. The zero-order valence-corrected chi connectivity index (χ0v) is 11.4. The van der Waals surface area contributed by atoms with E-state index >= 15 is 0 Å². The van der Waals surface area contributed by atoms with Gasteiger partial charge in [-0.1, -0.05) is 0 Å². The van der Waals surface area contributed by atoms with Crippen LogP contribution in [-0.4, -0.2) is 53.7 Å². The fraction of sp³-hybridized carbons (Fsp3) is 0.545. The summed E-state index contributed by atoms with van der Waals surface area (Å²) in [6.07, 6.45) is -0.279. The van der Waals surface area contributed by atoms with Crippen molar-refractivity contribution in [3.05, 3.63) is 6.07 Å². The highest BCUT2D eigenvalue weighted by molar-refractivity contribution is 5.68. The molecule has 1 fully saturated rings. The van der Waals surface area contributed by atoms with Crippen LogP contribution in [-0.2, 0) is 4.74 Å². The molecular weight excluding hydrogens is 262 g/mol. The molecule has 20 heavy (non-hydrogen) atoms. The third-order valence-electron chi connectivity index (χ3n) is 3.01. The standard InChI is InChI=1S/C11H19N7O2/c1-2-20-11(19)18-5-3-17(4-6-18)9-7-8(16-13)14-10(12)15-9/h7H,2-6,13H2,1H3,(H3,12,14,15,16). The highest BCUT2D eigenvalue weighted by atomic mass is 16.6. The van der Waals surface area contributed by atoms with E-state index in [2.05, 4.69) is 15.4 Å². The molecular formula is C11H19N7O2. The molecule has 0 radical (unpaired) electrons. The number of nitrogens with one attached hydrogen (secondary N) is 1. The lowest BCUT2D eigenvalue weighted by Crippen LogP contribution is -2.49. The topological polar surface area (TPSA) is 123 Å². The predicted octanol–water partition coefficient (Wildman–Crippen LogP) is -0.377. The summed E-state index contributed by atoms with van der Waals surface area (Å²) >= 11 is 0. The lowest BCUT2D eigenvalue weighted by Gasteiger charge is -2.34. The number of hydrazine groups is 1. The number of nitrogens with zero attached hydrogens (tertiary/aromatic N) is 4. The fourth-order valence-electron chi connectivity index (χ4n) is 2.02. The lowest BCUT2D eigenvalue weighted by molar-refractivity contribution is 0.105. The highest BCUT2D eigenvalue weighted by Crippen LogP contribution is 2.18. The van der Waals surface area contributed by atoms with Crippen molar-refractivity contribution in [2.45, 2.75) is 6.92 Å². The van der Waals surface area contributed by atoms with Crippen LogP contribution >= 0.6 is 0 Å². The maximum Gasteiger partial charge on any atom is 0.409 e. The summed E-state index contributed by atoms with van der Waals surface area (Å²) < 4.78 is 4.97. The average Bonchev–Trinajstić information content (AvgIpc) is 2.47. The SMILES string of the molecule is CCOC(=O)N1CCN(c2cc(NN)nc(N)n2)CC1. The first kappa shape index (κ1) is 14.1. The van der Waals surface area contributed by atoms with Crippen LogP contribution in [0.5, 0.6) is 0 Å². The van der Waals surface area contributed by atoms with Crippen molar-refractivity contribution in [3.63, 3.8) is 0 Å². The van der Waals surface area contributed by atoms with E-state index in [-0.39, 0.29) is 12.0 Å². The van der Waals surface area contributed by atoms with Gasteiger partial charge in [-0.05, 0) is 6.92 Å². The minimum absolute atomic E-state index is 0.156. The second kappa shape index (κ2) is 6.24. The maximum atomic E-state index is 11.6. The summed E-state index contributed by atoms with van der Waals surface area (Å²) in [5, 5.41) is 0. The first-order valence-electron chi connectivity index (χ1n) is 6.42. The summed E-state index contributed by atoms with van der Waals surface area (Å²) in [6, 6.07) is 1.72. The lowest BCUT2D eigenvalue weighted by atomic mass is 10.3. The molecule has 1 aliphatic heterocycles. The van der Waals surface area contributed by atoms with Crippen molar-refractivity contribution in [1.29, 1.82) is 0 Å². The van der Waals surface area contributed by atoms with Gasteiger partial charge in [-0.25, -0.2) is 10.6 Å². The summed E-state index contributed by atoms with van der Waals surface area (Å²) in [4.78, 5) is 23.4. The molecule has 0 aliphatic carbocycles. The Morgan fingerprint density at radius 1 is 1.40 bits per heavy atom. The Hall–Kier alpha value is -2.29. The molecule has 1 aliphatic rings. The smallest absolute Gasteiger partial charge is 0.409 e. The van der Waals surface area contributed by atoms with Gasteiger partial charge < -0.3 is 25.7 Å². The number of hydrogen-bond acceptors (Lipinski definition) is 8. The number of anilines is 3. The van der Waals surface area contributed by atoms with Gasteiger partial charge in [0, 0.05) is 32.2 Å². The van der Waals surface area contributed by atoms with Crippen molar-refractivity contribution < 1.29 is 9.53 Å². The number of carbonyl (C=O) groups is 1. The summed E-state index contributed by atoms with van der Waals surface area (Å²) in [5.41, 5.74) is 8.08. The number of hydrogen-bond donors (Lipinski definition) is 3. The van der Waals surface area contributed by atoms with Gasteiger partial charge in [-0.2, -0.15) is 9.97 Å². The molecule has 9 nitrogen and oxygen atoms in total. The zero-order valence-electron chi connectivity index (χ0n) is 11.4. The summed E-state index contributed by atoms with van der Waals surface area (Å²) in [7, 11) is 0. The number of ether oxygens (including phenoxy) is 1. The number of carbonyl (C=O) groups excluding carboxylic acids is 1. The molecule has 0 saturated carbocycles. The first-order chi connectivity index (χ1) is 9.63. The largest absolute Gasteiger partial charge is 0.450 e. The van der Waals surface area contributed by atoms with Crippen molar-refractivity contribution >= 4 is 23.7 Å². The molecule has 1 aromatic heterocycles. The van der Waals surface area contributed by atoms with Gasteiger partial charge in [-0.15, -0.1) is 0 Å².